The Labute approximate surface area is 187 Å². The van der Waals surface area contributed by atoms with Crippen LogP contribution in [0.5, 0.6) is 0 Å². The Balaban J connectivity index is 1.38. The van der Waals surface area contributed by atoms with Crippen LogP contribution >= 0.6 is 11.6 Å². The van der Waals surface area contributed by atoms with Gasteiger partial charge < -0.3 is 10.6 Å². The molecule has 2 N–H and O–H groups in total. The highest BCUT2D eigenvalue weighted by Crippen LogP contribution is 2.41. The number of nitrogens with two attached hydrogens (primary N) is 1. The van der Waals surface area contributed by atoms with Crippen molar-refractivity contribution < 1.29 is 22.8 Å². The highest BCUT2D eigenvalue weighted by atomic mass is 35.5. The molecule has 0 bridgehead atoms. The van der Waals surface area contributed by atoms with Gasteiger partial charge in [-0.15, -0.1) is 0 Å². The molecule has 32 heavy (non-hydrogen) atoms. The molecule has 3 atom stereocenters. The third-order valence-corrected chi connectivity index (χ3v) is 6.71. The van der Waals surface area contributed by atoms with E-state index in [0.29, 0.717) is 13.1 Å². The highest BCUT2D eigenvalue weighted by molar-refractivity contribution is 6.30. The van der Waals surface area contributed by atoms with E-state index in [4.69, 9.17) is 17.3 Å². The van der Waals surface area contributed by atoms with Crippen LogP contribution < -0.4 is 5.73 Å². The lowest BCUT2D eigenvalue weighted by Gasteiger charge is -2.27. The van der Waals surface area contributed by atoms with E-state index < -0.39 is 17.6 Å². The van der Waals surface area contributed by atoms with E-state index in [9.17, 15) is 22.8 Å². The Bertz CT molecular complexity index is 1030. The number of halogens is 4. The summed E-state index contributed by atoms with van der Waals surface area (Å²) in [5.41, 5.74) is 4.86. The third-order valence-electron chi connectivity index (χ3n) is 6.48. The van der Waals surface area contributed by atoms with E-state index in [1.807, 2.05) is 11.9 Å². The minimum Gasteiger partial charge on any atom is -0.366 e. The van der Waals surface area contributed by atoms with Crippen LogP contribution in [0.25, 0.3) is 0 Å². The second-order valence-corrected chi connectivity index (χ2v) is 9.02. The van der Waals surface area contributed by atoms with Crippen LogP contribution in [0.2, 0.25) is 5.02 Å². The molecule has 2 aromatic rings. The van der Waals surface area contributed by atoms with Crippen molar-refractivity contribution in [2.75, 3.05) is 20.1 Å². The molecule has 0 radical (unpaired) electrons. The van der Waals surface area contributed by atoms with E-state index >= 15 is 0 Å². The predicted molar refractivity (Wildman–Crippen MR) is 111 cm³/mol. The van der Waals surface area contributed by atoms with Gasteiger partial charge in [0, 0.05) is 36.9 Å². The largest absolute Gasteiger partial charge is 0.416 e. The number of benzene rings is 1. The fourth-order valence-corrected chi connectivity index (χ4v) is 5.05. The maximum Gasteiger partial charge on any atom is 0.416 e. The van der Waals surface area contributed by atoms with Gasteiger partial charge in [0.05, 0.1) is 17.3 Å². The van der Waals surface area contributed by atoms with Crippen LogP contribution in [-0.2, 0) is 12.7 Å². The molecule has 4 rings (SSSR count). The fraction of sp³-hybridized carbons (Fsp3) is 0.476. The molecule has 0 unspecified atom stereocenters. The van der Waals surface area contributed by atoms with Crippen molar-refractivity contribution in [3.8, 4) is 0 Å². The molecule has 1 saturated carbocycles. The summed E-state index contributed by atoms with van der Waals surface area (Å²) < 4.78 is 41.2. The Kier molecular flexibility index (Phi) is 5.93. The van der Waals surface area contributed by atoms with Gasteiger partial charge in [0.1, 0.15) is 0 Å². The summed E-state index contributed by atoms with van der Waals surface area (Å²) in [6.45, 7) is 1.24. The fourth-order valence-electron chi connectivity index (χ4n) is 4.85. The van der Waals surface area contributed by atoms with Gasteiger partial charge in [-0.1, -0.05) is 11.6 Å². The number of fused-ring (bicyclic) bond motifs is 1. The average Bonchev–Trinajstić information content (AvgIpc) is 3.41. The van der Waals surface area contributed by atoms with Crippen LogP contribution in [0.3, 0.4) is 0 Å². The van der Waals surface area contributed by atoms with Gasteiger partial charge in [-0.25, -0.2) is 4.79 Å². The van der Waals surface area contributed by atoms with Crippen LogP contribution in [-0.4, -0.2) is 57.7 Å². The summed E-state index contributed by atoms with van der Waals surface area (Å²) in [6.07, 6.45) is -0.280. The van der Waals surface area contributed by atoms with Gasteiger partial charge in [0.2, 0.25) is 0 Å². The number of alkyl halides is 3. The Morgan fingerprint density at radius 1 is 1.25 bits per heavy atom. The van der Waals surface area contributed by atoms with E-state index in [0.717, 1.165) is 23.6 Å². The SMILES string of the molecule is CN(Cc1cc(Cl)ccc1C(F)(F)F)[C@@H]1C[C@@H]2CN(C(=O)n3cc(C(N)=O)cn3)C[C@@H]2C1. The zero-order valence-electron chi connectivity index (χ0n) is 17.3. The molecule has 172 valence electrons. The van der Waals surface area contributed by atoms with Crippen molar-refractivity contribution in [1.29, 1.82) is 0 Å². The summed E-state index contributed by atoms with van der Waals surface area (Å²) in [5, 5.41) is 4.19. The number of nitrogens with zero attached hydrogens (tertiary/aromatic N) is 4. The molecule has 7 nitrogen and oxygen atoms in total. The maximum atomic E-state index is 13.4. The molecule has 1 aliphatic heterocycles. The van der Waals surface area contributed by atoms with E-state index in [1.54, 1.807) is 4.90 Å². The zero-order valence-corrected chi connectivity index (χ0v) is 18.1. The van der Waals surface area contributed by atoms with Crippen molar-refractivity contribution in [3.63, 3.8) is 0 Å². The lowest BCUT2D eigenvalue weighted by Crippen LogP contribution is -2.36. The van der Waals surface area contributed by atoms with Gasteiger partial charge in [0.25, 0.3) is 5.91 Å². The van der Waals surface area contributed by atoms with Crippen molar-refractivity contribution in [2.24, 2.45) is 17.6 Å². The quantitative estimate of drug-likeness (QED) is 0.743. The summed E-state index contributed by atoms with van der Waals surface area (Å²) >= 11 is 5.95. The van der Waals surface area contributed by atoms with Crippen molar-refractivity contribution in [2.45, 2.75) is 31.6 Å². The normalized spacial score (nSPS) is 23.1. The number of primary amides is 1. The molecular formula is C21H23ClF3N5O2. The van der Waals surface area contributed by atoms with E-state index in [-0.39, 0.29) is 46.6 Å². The molecule has 2 heterocycles. The minimum atomic E-state index is -4.44. The Morgan fingerprint density at radius 3 is 2.47 bits per heavy atom. The van der Waals surface area contributed by atoms with Crippen LogP contribution in [0.15, 0.2) is 30.6 Å². The molecule has 0 spiro atoms. The summed E-state index contributed by atoms with van der Waals surface area (Å²) in [7, 11) is 1.82. The zero-order chi connectivity index (χ0) is 23.2. The van der Waals surface area contributed by atoms with E-state index in [1.165, 1.54) is 24.5 Å². The average molecular weight is 470 g/mol. The number of rotatable bonds is 4. The van der Waals surface area contributed by atoms with Crippen LogP contribution in [0, 0.1) is 11.8 Å². The number of carbonyl (C=O) groups excluding carboxylic acids is 2. The summed E-state index contributed by atoms with van der Waals surface area (Å²) in [4.78, 5) is 27.5. The predicted octanol–water partition coefficient (Wildman–Crippen LogP) is 3.46. The van der Waals surface area contributed by atoms with Gasteiger partial charge in [0.15, 0.2) is 0 Å². The summed E-state index contributed by atoms with van der Waals surface area (Å²) in [6, 6.07) is 3.46. The smallest absolute Gasteiger partial charge is 0.366 e. The number of aromatic nitrogens is 2. The number of hydrogen-bond donors (Lipinski definition) is 1. The standard InChI is InChI=1S/C21H23ClF3N5O2/c1-28(8-14-4-16(22)2-3-18(14)21(23,24)25)17-5-12-9-29(10-13(12)6-17)20(32)30-11-15(7-27-30)19(26)31/h2-4,7,11-13,17H,5-6,8-10H2,1H3,(H2,26,31)/t12-,13+,17-. The number of hydrogen-bond acceptors (Lipinski definition) is 4. The molecule has 2 fully saturated rings. The molecule has 1 aliphatic carbocycles. The lowest BCUT2D eigenvalue weighted by molar-refractivity contribution is -0.138. The second kappa shape index (κ2) is 8.40. The topological polar surface area (TPSA) is 84.5 Å². The van der Waals surface area contributed by atoms with Gasteiger partial charge >= 0.3 is 12.2 Å². The number of carbonyl (C=O) groups is 2. The molecule has 2 aliphatic rings. The minimum absolute atomic E-state index is 0.119. The monoisotopic (exact) mass is 469 g/mol. The highest BCUT2D eigenvalue weighted by Gasteiger charge is 2.44. The maximum absolute atomic E-state index is 13.4. The van der Waals surface area contributed by atoms with Gasteiger partial charge in [-0.2, -0.15) is 23.0 Å². The number of likely N-dealkylation sites (tertiary alicyclic amines) is 1. The first-order valence-corrected chi connectivity index (χ1v) is 10.6. The Morgan fingerprint density at radius 2 is 1.91 bits per heavy atom. The van der Waals surface area contributed by atoms with Crippen LogP contribution in [0.4, 0.5) is 18.0 Å². The lowest BCUT2D eigenvalue weighted by atomic mass is 10.0. The van der Waals surface area contributed by atoms with Gasteiger partial charge in [-0.05, 0) is 55.5 Å². The second-order valence-electron chi connectivity index (χ2n) is 8.59. The van der Waals surface area contributed by atoms with Crippen molar-refractivity contribution in [3.05, 3.63) is 52.3 Å². The molecule has 1 aromatic heterocycles. The van der Waals surface area contributed by atoms with Gasteiger partial charge in [-0.3, -0.25) is 9.69 Å². The van der Waals surface area contributed by atoms with Crippen molar-refractivity contribution in [1.82, 2.24) is 19.6 Å². The van der Waals surface area contributed by atoms with Crippen molar-refractivity contribution >= 4 is 23.5 Å². The number of amides is 2. The van der Waals surface area contributed by atoms with Crippen LogP contribution in [0.1, 0.15) is 34.3 Å². The van der Waals surface area contributed by atoms with E-state index in [2.05, 4.69) is 5.10 Å². The molecule has 1 saturated heterocycles. The molecular weight excluding hydrogens is 447 g/mol. The molecule has 11 heteroatoms. The Hall–Kier alpha value is -2.59. The molecule has 1 aromatic carbocycles. The summed E-state index contributed by atoms with van der Waals surface area (Å²) in [5.74, 6) is -0.125. The third kappa shape index (κ3) is 4.47. The first-order valence-electron chi connectivity index (χ1n) is 10.2. The molecule has 2 amide bonds. The first-order chi connectivity index (χ1) is 15.0. The first kappa shape index (κ1) is 22.6.